The highest BCUT2D eigenvalue weighted by molar-refractivity contribution is 4.57. The molecule has 0 fully saturated rings. The summed E-state index contributed by atoms with van der Waals surface area (Å²) in [6, 6.07) is 0.662. The lowest BCUT2D eigenvalue weighted by Gasteiger charge is -2.20. The Morgan fingerprint density at radius 1 is 1.06 bits per heavy atom. The normalized spacial score (nSPS) is 11.6. The summed E-state index contributed by atoms with van der Waals surface area (Å²) in [6.07, 6.45) is 4.93. The Hall–Kier alpha value is -0.120. The first-order valence-corrected chi connectivity index (χ1v) is 7.17. The van der Waals surface area contributed by atoms with Crippen LogP contribution >= 0.6 is 0 Å². The zero-order valence-electron chi connectivity index (χ0n) is 12.3. The van der Waals surface area contributed by atoms with Crippen LogP contribution in [0.3, 0.4) is 0 Å². The fourth-order valence-electron chi connectivity index (χ4n) is 1.49. The van der Waals surface area contributed by atoms with Gasteiger partial charge in [-0.25, -0.2) is 0 Å². The van der Waals surface area contributed by atoms with E-state index in [0.29, 0.717) is 6.04 Å². The first-order chi connectivity index (χ1) is 8.18. The van der Waals surface area contributed by atoms with Crippen LogP contribution in [0.1, 0.15) is 46.5 Å². The van der Waals surface area contributed by atoms with E-state index in [1.807, 2.05) is 0 Å². The molecular weight excluding hydrogens is 212 g/mol. The summed E-state index contributed by atoms with van der Waals surface area (Å²) in [5, 5.41) is 3.42. The van der Waals surface area contributed by atoms with Gasteiger partial charge in [-0.15, -0.1) is 0 Å². The Morgan fingerprint density at radius 2 is 1.82 bits per heavy atom. The molecule has 0 rings (SSSR count). The molecule has 0 aromatic rings. The Kier molecular flexibility index (Phi) is 12.3. The number of nitrogens with zero attached hydrogens (tertiary/aromatic N) is 1. The van der Waals surface area contributed by atoms with E-state index < -0.39 is 0 Å². The van der Waals surface area contributed by atoms with Crippen molar-refractivity contribution < 1.29 is 4.74 Å². The molecule has 0 aromatic carbocycles. The van der Waals surface area contributed by atoms with Crippen LogP contribution in [0.2, 0.25) is 0 Å². The first kappa shape index (κ1) is 16.9. The monoisotopic (exact) mass is 244 g/mol. The summed E-state index contributed by atoms with van der Waals surface area (Å²) >= 11 is 0. The predicted octanol–water partition coefficient (Wildman–Crippen LogP) is 2.51. The molecule has 0 unspecified atom stereocenters. The van der Waals surface area contributed by atoms with Crippen LogP contribution in [-0.4, -0.2) is 50.8 Å². The van der Waals surface area contributed by atoms with E-state index in [4.69, 9.17) is 4.74 Å². The van der Waals surface area contributed by atoms with Crippen molar-refractivity contribution in [3.63, 3.8) is 0 Å². The van der Waals surface area contributed by atoms with Gasteiger partial charge in [0.25, 0.3) is 0 Å². The van der Waals surface area contributed by atoms with E-state index in [9.17, 15) is 0 Å². The molecule has 0 saturated carbocycles. The fourth-order valence-corrected chi connectivity index (χ4v) is 1.49. The van der Waals surface area contributed by atoms with Gasteiger partial charge < -0.3 is 15.0 Å². The van der Waals surface area contributed by atoms with E-state index in [-0.39, 0.29) is 0 Å². The summed E-state index contributed by atoms with van der Waals surface area (Å²) in [7, 11) is 2.19. The van der Waals surface area contributed by atoms with E-state index in [2.05, 4.69) is 38.0 Å². The molecule has 0 aromatic heterocycles. The summed E-state index contributed by atoms with van der Waals surface area (Å²) < 4.78 is 5.48. The molecule has 0 atom stereocenters. The SMILES string of the molecule is CCCCOCCNCCCCN(C)C(C)C. The maximum Gasteiger partial charge on any atom is 0.0590 e. The van der Waals surface area contributed by atoms with Gasteiger partial charge in [0.05, 0.1) is 6.61 Å². The molecule has 104 valence electrons. The third-order valence-electron chi connectivity index (χ3n) is 3.06. The van der Waals surface area contributed by atoms with E-state index in [0.717, 1.165) is 26.3 Å². The summed E-state index contributed by atoms with van der Waals surface area (Å²) in [5.74, 6) is 0. The molecule has 3 heteroatoms. The standard InChI is InChI=1S/C14H32N2O/c1-5-6-12-17-13-10-15-9-7-8-11-16(4)14(2)3/h14-15H,5-13H2,1-4H3. The highest BCUT2D eigenvalue weighted by Crippen LogP contribution is 1.97. The largest absolute Gasteiger partial charge is 0.380 e. The van der Waals surface area contributed by atoms with Gasteiger partial charge in [-0.2, -0.15) is 0 Å². The molecule has 0 aliphatic rings. The second-order valence-corrected chi connectivity index (χ2v) is 5.00. The van der Waals surface area contributed by atoms with Gasteiger partial charge in [-0.1, -0.05) is 13.3 Å². The van der Waals surface area contributed by atoms with Crippen molar-refractivity contribution in [2.45, 2.75) is 52.5 Å². The molecule has 0 bridgehead atoms. The Morgan fingerprint density at radius 3 is 2.47 bits per heavy atom. The van der Waals surface area contributed by atoms with Gasteiger partial charge in [-0.05, 0) is 53.2 Å². The molecular formula is C14H32N2O. The molecule has 3 nitrogen and oxygen atoms in total. The predicted molar refractivity (Wildman–Crippen MR) is 75.6 cm³/mol. The average Bonchev–Trinajstić information content (AvgIpc) is 2.31. The summed E-state index contributed by atoms with van der Waals surface area (Å²) in [6.45, 7) is 11.7. The minimum absolute atomic E-state index is 0.662. The molecule has 0 amide bonds. The molecule has 0 aliphatic heterocycles. The smallest absolute Gasteiger partial charge is 0.0590 e. The van der Waals surface area contributed by atoms with Crippen molar-refractivity contribution in [1.82, 2.24) is 10.2 Å². The van der Waals surface area contributed by atoms with Crippen molar-refractivity contribution in [2.24, 2.45) is 0 Å². The van der Waals surface area contributed by atoms with Crippen molar-refractivity contribution in [2.75, 3.05) is 39.9 Å². The molecule has 0 aliphatic carbocycles. The fraction of sp³-hybridized carbons (Fsp3) is 1.00. The minimum atomic E-state index is 0.662. The van der Waals surface area contributed by atoms with Crippen LogP contribution in [0.4, 0.5) is 0 Å². The zero-order chi connectivity index (χ0) is 12.9. The summed E-state index contributed by atoms with van der Waals surface area (Å²) in [5.41, 5.74) is 0. The maximum atomic E-state index is 5.48. The average molecular weight is 244 g/mol. The van der Waals surface area contributed by atoms with Crippen LogP contribution in [0.5, 0.6) is 0 Å². The quantitative estimate of drug-likeness (QED) is 0.534. The maximum absolute atomic E-state index is 5.48. The molecule has 1 N–H and O–H groups in total. The van der Waals surface area contributed by atoms with Crippen LogP contribution in [0.25, 0.3) is 0 Å². The Balaban J connectivity index is 3.03. The number of hydrogen-bond acceptors (Lipinski definition) is 3. The lowest BCUT2D eigenvalue weighted by atomic mass is 10.2. The number of nitrogens with one attached hydrogen (secondary N) is 1. The van der Waals surface area contributed by atoms with E-state index >= 15 is 0 Å². The van der Waals surface area contributed by atoms with Gasteiger partial charge in [0, 0.05) is 19.2 Å². The van der Waals surface area contributed by atoms with Gasteiger partial charge in [0.2, 0.25) is 0 Å². The zero-order valence-corrected chi connectivity index (χ0v) is 12.3. The Labute approximate surface area is 108 Å². The third kappa shape index (κ3) is 12.1. The lowest BCUT2D eigenvalue weighted by molar-refractivity contribution is 0.133. The van der Waals surface area contributed by atoms with Gasteiger partial charge in [0.15, 0.2) is 0 Å². The molecule has 0 radical (unpaired) electrons. The van der Waals surface area contributed by atoms with E-state index in [1.54, 1.807) is 0 Å². The molecule has 17 heavy (non-hydrogen) atoms. The number of ether oxygens (including phenoxy) is 1. The van der Waals surface area contributed by atoms with Crippen LogP contribution < -0.4 is 5.32 Å². The number of hydrogen-bond donors (Lipinski definition) is 1. The Bertz CT molecular complexity index is 151. The highest BCUT2D eigenvalue weighted by atomic mass is 16.5. The molecule has 0 spiro atoms. The first-order valence-electron chi connectivity index (χ1n) is 7.17. The van der Waals surface area contributed by atoms with E-state index in [1.165, 1.54) is 32.2 Å². The molecule has 0 saturated heterocycles. The van der Waals surface area contributed by atoms with Crippen LogP contribution in [-0.2, 0) is 4.74 Å². The summed E-state index contributed by atoms with van der Waals surface area (Å²) in [4.78, 5) is 2.40. The second-order valence-electron chi connectivity index (χ2n) is 5.00. The van der Waals surface area contributed by atoms with Crippen molar-refractivity contribution in [1.29, 1.82) is 0 Å². The van der Waals surface area contributed by atoms with Crippen LogP contribution in [0, 0.1) is 0 Å². The van der Waals surface area contributed by atoms with Crippen molar-refractivity contribution in [3.8, 4) is 0 Å². The minimum Gasteiger partial charge on any atom is -0.380 e. The van der Waals surface area contributed by atoms with Gasteiger partial charge in [-0.3, -0.25) is 0 Å². The molecule has 0 heterocycles. The van der Waals surface area contributed by atoms with Gasteiger partial charge in [0.1, 0.15) is 0 Å². The highest BCUT2D eigenvalue weighted by Gasteiger charge is 2.01. The lowest BCUT2D eigenvalue weighted by Crippen LogP contribution is -2.28. The number of unbranched alkanes of at least 4 members (excludes halogenated alkanes) is 2. The topological polar surface area (TPSA) is 24.5 Å². The van der Waals surface area contributed by atoms with Crippen molar-refractivity contribution in [3.05, 3.63) is 0 Å². The second kappa shape index (κ2) is 12.3. The van der Waals surface area contributed by atoms with Crippen molar-refractivity contribution >= 4 is 0 Å². The number of rotatable bonds is 12. The van der Waals surface area contributed by atoms with Gasteiger partial charge >= 0.3 is 0 Å². The van der Waals surface area contributed by atoms with Crippen LogP contribution in [0.15, 0.2) is 0 Å². The third-order valence-corrected chi connectivity index (χ3v) is 3.06.